The zero-order valence-corrected chi connectivity index (χ0v) is 21.0. The largest absolute Gasteiger partial charge is 0.455 e. The van der Waals surface area contributed by atoms with Gasteiger partial charge in [-0.05, 0) is 70.8 Å². The lowest BCUT2D eigenvalue weighted by Gasteiger charge is -2.22. The van der Waals surface area contributed by atoms with Gasteiger partial charge in [0.2, 0.25) is 0 Å². The highest BCUT2D eigenvalue weighted by molar-refractivity contribution is 7.22. The smallest absolute Gasteiger partial charge is 0.148 e. The van der Waals surface area contributed by atoms with Crippen molar-refractivity contribution < 1.29 is 4.42 Å². The van der Waals surface area contributed by atoms with Crippen LogP contribution in [0.25, 0.3) is 53.7 Å². The number of furan rings is 1. The van der Waals surface area contributed by atoms with E-state index in [9.17, 15) is 0 Å². The van der Waals surface area contributed by atoms with Crippen molar-refractivity contribution >= 4 is 43.2 Å². The van der Waals surface area contributed by atoms with Gasteiger partial charge in [-0.3, -0.25) is 4.98 Å². The van der Waals surface area contributed by atoms with Gasteiger partial charge in [-0.15, -0.1) is 11.3 Å². The molecule has 0 saturated carbocycles. The zero-order chi connectivity index (χ0) is 23.6. The third-order valence-corrected chi connectivity index (χ3v) is 8.11. The molecule has 168 valence electrons. The lowest BCUT2D eigenvalue weighted by molar-refractivity contribution is 0.596. The van der Waals surface area contributed by atoms with Crippen molar-refractivity contribution in [2.75, 3.05) is 0 Å². The molecule has 3 aromatic carbocycles. The number of hydrogen-bond donors (Lipinski definition) is 0. The van der Waals surface area contributed by atoms with Gasteiger partial charge in [-0.2, -0.15) is 0 Å². The number of hydrogen-bond acceptors (Lipinski definition) is 3. The third-order valence-electron chi connectivity index (χ3n) is 6.83. The molecule has 0 amide bonds. The molecule has 0 unspecified atom stereocenters. The molecule has 2 nitrogen and oxygen atoms in total. The Morgan fingerprint density at radius 1 is 0.824 bits per heavy atom. The minimum absolute atomic E-state index is 0.0221. The second kappa shape index (κ2) is 7.54. The molecule has 0 radical (unpaired) electrons. The van der Waals surface area contributed by atoms with Gasteiger partial charge >= 0.3 is 0 Å². The Balaban J connectivity index is 1.62. The molecular weight excluding hydrogens is 434 g/mol. The van der Waals surface area contributed by atoms with Gasteiger partial charge in [0.15, 0.2) is 0 Å². The summed E-state index contributed by atoms with van der Waals surface area (Å²) < 4.78 is 7.80. The maximum absolute atomic E-state index is 6.51. The lowest BCUT2D eigenvalue weighted by atomic mass is 9.82. The molecule has 0 spiro atoms. The minimum atomic E-state index is 0.0221. The molecule has 0 aliphatic carbocycles. The number of aryl methyl sites for hydroxylation is 2. The third kappa shape index (κ3) is 3.19. The Hall–Kier alpha value is -3.43. The van der Waals surface area contributed by atoms with E-state index in [1.807, 2.05) is 12.3 Å². The highest BCUT2D eigenvalue weighted by atomic mass is 32.1. The SMILES string of the molecule is Cc1c(-c2oc3ccnc(-c4cc(C(C)(C)C)c5ccccc5c4)c3c2C)sc2ccccc12. The Labute approximate surface area is 203 Å². The number of pyridine rings is 1. The van der Waals surface area contributed by atoms with Crippen molar-refractivity contribution in [2.24, 2.45) is 0 Å². The average molecular weight is 462 g/mol. The number of fused-ring (bicyclic) bond motifs is 3. The van der Waals surface area contributed by atoms with Crippen LogP contribution >= 0.6 is 11.3 Å². The quantitative estimate of drug-likeness (QED) is 0.257. The predicted octanol–water partition coefficient (Wildman–Crippen LogP) is 9.44. The number of benzene rings is 3. The first-order valence-corrected chi connectivity index (χ1v) is 12.5. The summed E-state index contributed by atoms with van der Waals surface area (Å²) in [6.07, 6.45) is 1.87. The molecule has 34 heavy (non-hydrogen) atoms. The van der Waals surface area contributed by atoms with Crippen LogP contribution in [0.15, 0.2) is 77.3 Å². The topological polar surface area (TPSA) is 26.0 Å². The van der Waals surface area contributed by atoms with Crippen molar-refractivity contribution in [3.8, 4) is 21.9 Å². The first-order valence-electron chi connectivity index (χ1n) is 11.7. The van der Waals surface area contributed by atoms with Crippen LogP contribution in [0, 0.1) is 13.8 Å². The highest BCUT2D eigenvalue weighted by Gasteiger charge is 2.23. The summed E-state index contributed by atoms with van der Waals surface area (Å²) >= 11 is 1.80. The molecule has 0 fully saturated rings. The minimum Gasteiger partial charge on any atom is -0.455 e. The van der Waals surface area contributed by atoms with Crippen molar-refractivity contribution in [3.05, 3.63) is 89.6 Å². The molecule has 3 aromatic heterocycles. The van der Waals surface area contributed by atoms with Crippen LogP contribution in [0.4, 0.5) is 0 Å². The predicted molar refractivity (Wildman–Crippen MR) is 146 cm³/mol. The van der Waals surface area contributed by atoms with Crippen molar-refractivity contribution in [1.29, 1.82) is 0 Å². The van der Waals surface area contributed by atoms with Gasteiger partial charge in [-0.1, -0.05) is 63.2 Å². The molecule has 0 atom stereocenters. The molecule has 0 aliphatic rings. The van der Waals surface area contributed by atoms with E-state index in [4.69, 9.17) is 9.40 Å². The van der Waals surface area contributed by atoms with E-state index in [2.05, 4.69) is 95.3 Å². The number of nitrogens with zero attached hydrogens (tertiary/aromatic N) is 1. The normalized spacial score (nSPS) is 12.3. The second-order valence-electron chi connectivity index (χ2n) is 10.1. The molecule has 0 aliphatic heterocycles. The van der Waals surface area contributed by atoms with Gasteiger partial charge in [0.1, 0.15) is 11.3 Å². The maximum atomic E-state index is 6.51. The first-order chi connectivity index (χ1) is 16.3. The van der Waals surface area contributed by atoms with E-state index < -0.39 is 0 Å². The van der Waals surface area contributed by atoms with Crippen LogP contribution in [-0.4, -0.2) is 4.98 Å². The Morgan fingerprint density at radius 3 is 2.32 bits per heavy atom. The van der Waals surface area contributed by atoms with E-state index in [1.54, 1.807) is 11.3 Å². The van der Waals surface area contributed by atoms with Gasteiger partial charge in [0.05, 0.1) is 16.0 Å². The molecule has 0 saturated heterocycles. The Kier molecular flexibility index (Phi) is 4.69. The van der Waals surface area contributed by atoms with Gasteiger partial charge in [0.25, 0.3) is 0 Å². The van der Waals surface area contributed by atoms with Crippen LogP contribution in [0.2, 0.25) is 0 Å². The molecule has 3 heteroatoms. The fraction of sp³-hybridized carbons (Fsp3) is 0.194. The van der Waals surface area contributed by atoms with Gasteiger partial charge in [-0.25, -0.2) is 0 Å². The first kappa shape index (κ1) is 21.1. The van der Waals surface area contributed by atoms with Gasteiger partial charge in [0, 0.05) is 22.0 Å². The fourth-order valence-corrected chi connectivity index (χ4v) is 6.33. The number of rotatable bonds is 2. The second-order valence-corrected chi connectivity index (χ2v) is 11.2. The highest BCUT2D eigenvalue weighted by Crippen LogP contribution is 2.45. The molecular formula is C31H27NOS. The molecule has 0 N–H and O–H groups in total. The van der Waals surface area contributed by atoms with Crippen LogP contribution in [0.5, 0.6) is 0 Å². The molecule has 6 rings (SSSR count). The number of thiophene rings is 1. The summed E-state index contributed by atoms with van der Waals surface area (Å²) in [5, 5.41) is 4.94. The Bertz CT molecular complexity index is 1710. The maximum Gasteiger partial charge on any atom is 0.148 e. The monoisotopic (exact) mass is 461 g/mol. The van der Waals surface area contributed by atoms with Crippen molar-refractivity contribution in [3.63, 3.8) is 0 Å². The molecule has 6 aromatic rings. The summed E-state index contributed by atoms with van der Waals surface area (Å²) in [6.45, 7) is 11.2. The summed E-state index contributed by atoms with van der Waals surface area (Å²) in [7, 11) is 0. The standard InChI is InChI=1S/C31H27NOS/c1-18-22-11-8-9-13-26(22)34-30(18)29-19(2)27-25(33-29)14-15-32-28(27)21-16-20-10-6-7-12-23(20)24(17-21)31(3,4)5/h6-17H,1-5H3. The Morgan fingerprint density at radius 2 is 1.56 bits per heavy atom. The van der Waals surface area contributed by atoms with Crippen LogP contribution in [0.1, 0.15) is 37.5 Å². The molecule has 0 bridgehead atoms. The zero-order valence-electron chi connectivity index (χ0n) is 20.2. The summed E-state index contributed by atoms with van der Waals surface area (Å²) in [5.41, 5.74) is 6.80. The van der Waals surface area contributed by atoms with Crippen molar-refractivity contribution in [1.82, 2.24) is 4.98 Å². The lowest BCUT2D eigenvalue weighted by Crippen LogP contribution is -2.12. The van der Waals surface area contributed by atoms with E-state index in [0.29, 0.717) is 0 Å². The molecule has 3 heterocycles. The van der Waals surface area contributed by atoms with E-state index in [0.717, 1.165) is 33.6 Å². The summed E-state index contributed by atoms with van der Waals surface area (Å²) in [5.74, 6) is 0.958. The van der Waals surface area contributed by atoms with Gasteiger partial charge < -0.3 is 4.42 Å². The van der Waals surface area contributed by atoms with Crippen molar-refractivity contribution in [2.45, 2.75) is 40.0 Å². The average Bonchev–Trinajstić information content (AvgIpc) is 3.34. The fourth-order valence-electron chi connectivity index (χ4n) is 5.09. The van der Waals surface area contributed by atoms with E-state index >= 15 is 0 Å². The van der Waals surface area contributed by atoms with E-state index in [1.165, 1.54) is 36.9 Å². The van der Waals surface area contributed by atoms with Crippen LogP contribution in [-0.2, 0) is 5.41 Å². The number of aromatic nitrogens is 1. The van der Waals surface area contributed by atoms with Crippen LogP contribution in [0.3, 0.4) is 0 Å². The summed E-state index contributed by atoms with van der Waals surface area (Å²) in [4.78, 5) is 6.09. The van der Waals surface area contributed by atoms with Crippen LogP contribution < -0.4 is 0 Å². The van der Waals surface area contributed by atoms with E-state index in [-0.39, 0.29) is 5.41 Å². The summed E-state index contributed by atoms with van der Waals surface area (Å²) in [6, 6.07) is 23.8.